The van der Waals surface area contributed by atoms with Gasteiger partial charge in [0.25, 0.3) is 0 Å². The zero-order valence-corrected chi connectivity index (χ0v) is 12.3. The molecule has 1 unspecified atom stereocenters. The van der Waals surface area contributed by atoms with Crippen LogP contribution in [-0.4, -0.2) is 10.7 Å². The van der Waals surface area contributed by atoms with Gasteiger partial charge in [-0.05, 0) is 29.7 Å². The van der Waals surface area contributed by atoms with E-state index in [2.05, 4.69) is 37.9 Å². The molecule has 0 fully saturated rings. The molecule has 1 aromatic heterocycles. The highest BCUT2D eigenvalue weighted by Crippen LogP contribution is 2.29. The summed E-state index contributed by atoms with van der Waals surface area (Å²) in [7, 11) is 0. The third kappa shape index (κ3) is 4.70. The van der Waals surface area contributed by atoms with E-state index in [1.165, 1.54) is 23.3 Å². The molecule has 0 aliphatic carbocycles. The maximum absolute atomic E-state index is 8.91. The van der Waals surface area contributed by atoms with Gasteiger partial charge < -0.3 is 0 Å². The summed E-state index contributed by atoms with van der Waals surface area (Å²) in [6, 6.07) is 4.49. The summed E-state index contributed by atoms with van der Waals surface area (Å²) in [5.74, 6) is 1.92. The quantitative estimate of drug-likeness (QED) is 0.531. The van der Waals surface area contributed by atoms with Crippen molar-refractivity contribution >= 4 is 11.8 Å². The van der Waals surface area contributed by atoms with E-state index in [0.29, 0.717) is 18.3 Å². The summed E-state index contributed by atoms with van der Waals surface area (Å²) in [4.78, 5) is 5.55. The van der Waals surface area contributed by atoms with E-state index >= 15 is 0 Å². The Morgan fingerprint density at radius 1 is 1.39 bits per heavy atom. The average Bonchev–Trinajstić information content (AvgIpc) is 2.36. The minimum atomic E-state index is 0.300. The van der Waals surface area contributed by atoms with E-state index in [4.69, 9.17) is 5.26 Å². The predicted octanol–water partition coefficient (Wildman–Crippen LogP) is 4.63. The molecule has 0 N–H and O–H groups in total. The molecule has 3 heteroatoms. The minimum Gasteiger partial charge on any atom is -0.263 e. The SMILES string of the molecule is CCCCSc1cncc(C(CC#N)C(C)C)c1. The Hall–Kier alpha value is -1.01. The van der Waals surface area contributed by atoms with Crippen LogP contribution in [0.15, 0.2) is 23.4 Å². The van der Waals surface area contributed by atoms with Crippen molar-refractivity contribution in [3.63, 3.8) is 0 Å². The summed E-state index contributed by atoms with van der Waals surface area (Å²) >= 11 is 1.86. The molecule has 0 spiro atoms. The van der Waals surface area contributed by atoms with Crippen molar-refractivity contribution < 1.29 is 0 Å². The molecule has 0 bridgehead atoms. The topological polar surface area (TPSA) is 36.7 Å². The Bertz CT molecular complexity index is 396. The predicted molar refractivity (Wildman–Crippen MR) is 77.7 cm³/mol. The maximum Gasteiger partial charge on any atom is 0.0628 e. The maximum atomic E-state index is 8.91. The van der Waals surface area contributed by atoms with E-state index in [1.54, 1.807) is 0 Å². The first-order valence-electron chi connectivity index (χ1n) is 6.63. The molecule has 0 aliphatic rings. The third-order valence-corrected chi connectivity index (χ3v) is 4.09. The van der Waals surface area contributed by atoms with Gasteiger partial charge in [-0.1, -0.05) is 27.2 Å². The molecule has 0 amide bonds. The van der Waals surface area contributed by atoms with Crippen molar-refractivity contribution in [3.8, 4) is 6.07 Å². The molecular formula is C15H22N2S. The number of hydrogen-bond donors (Lipinski definition) is 0. The molecule has 98 valence electrons. The van der Waals surface area contributed by atoms with Gasteiger partial charge in [0.15, 0.2) is 0 Å². The van der Waals surface area contributed by atoms with Crippen molar-refractivity contribution in [2.24, 2.45) is 5.92 Å². The number of nitrogens with zero attached hydrogens (tertiary/aromatic N) is 2. The van der Waals surface area contributed by atoms with Crippen LogP contribution in [0.1, 0.15) is 51.5 Å². The number of thioether (sulfide) groups is 1. The lowest BCUT2D eigenvalue weighted by molar-refractivity contribution is 0.504. The lowest BCUT2D eigenvalue weighted by Gasteiger charge is -2.18. The molecule has 1 atom stereocenters. The van der Waals surface area contributed by atoms with Crippen LogP contribution >= 0.6 is 11.8 Å². The van der Waals surface area contributed by atoms with E-state index in [1.807, 2.05) is 24.2 Å². The van der Waals surface area contributed by atoms with Crippen LogP contribution in [0.2, 0.25) is 0 Å². The largest absolute Gasteiger partial charge is 0.263 e. The first-order chi connectivity index (χ1) is 8.69. The lowest BCUT2D eigenvalue weighted by atomic mass is 9.87. The summed E-state index contributed by atoms with van der Waals surface area (Å²) in [5.41, 5.74) is 1.20. The molecule has 0 radical (unpaired) electrons. The minimum absolute atomic E-state index is 0.300. The Kier molecular flexibility index (Phi) is 6.82. The van der Waals surface area contributed by atoms with Crippen molar-refractivity contribution in [1.29, 1.82) is 5.26 Å². The van der Waals surface area contributed by atoms with Crippen LogP contribution in [0.4, 0.5) is 0 Å². The van der Waals surface area contributed by atoms with Gasteiger partial charge in [-0.15, -0.1) is 11.8 Å². The molecule has 0 aromatic carbocycles. The summed E-state index contributed by atoms with van der Waals surface area (Å²) in [5, 5.41) is 8.91. The first-order valence-corrected chi connectivity index (χ1v) is 7.62. The van der Waals surface area contributed by atoms with Crippen molar-refractivity contribution in [2.45, 2.75) is 50.8 Å². The number of hydrogen-bond acceptors (Lipinski definition) is 3. The van der Waals surface area contributed by atoms with Crippen molar-refractivity contribution in [2.75, 3.05) is 5.75 Å². The van der Waals surface area contributed by atoms with Gasteiger partial charge in [0.05, 0.1) is 6.07 Å². The van der Waals surface area contributed by atoms with Gasteiger partial charge in [-0.25, -0.2) is 0 Å². The second-order valence-corrected chi connectivity index (χ2v) is 6.04. The molecule has 18 heavy (non-hydrogen) atoms. The van der Waals surface area contributed by atoms with Gasteiger partial charge >= 0.3 is 0 Å². The lowest BCUT2D eigenvalue weighted by Crippen LogP contribution is -2.06. The first kappa shape index (κ1) is 15.0. The molecule has 2 nitrogen and oxygen atoms in total. The van der Waals surface area contributed by atoms with Gasteiger partial charge in [0.1, 0.15) is 0 Å². The van der Waals surface area contributed by atoms with Crippen LogP contribution in [0.25, 0.3) is 0 Å². The standard InChI is InChI=1S/C15H22N2S/c1-4-5-8-18-14-9-13(10-17-11-14)15(6-7-16)12(2)3/h9-12,15H,4-6,8H2,1-3H3. The highest BCUT2D eigenvalue weighted by Gasteiger charge is 2.16. The summed E-state index contributed by atoms with van der Waals surface area (Å²) in [6.07, 6.45) is 6.87. The Morgan fingerprint density at radius 3 is 2.78 bits per heavy atom. The Balaban J connectivity index is 2.76. The molecule has 0 aliphatic heterocycles. The number of rotatable bonds is 7. The van der Waals surface area contributed by atoms with Crippen molar-refractivity contribution in [3.05, 3.63) is 24.0 Å². The highest BCUT2D eigenvalue weighted by molar-refractivity contribution is 7.99. The van der Waals surface area contributed by atoms with Gasteiger partial charge in [-0.2, -0.15) is 5.26 Å². The fraction of sp³-hybridized carbons (Fsp3) is 0.600. The normalized spacial score (nSPS) is 12.4. The van der Waals surface area contributed by atoms with Crippen LogP contribution in [0.3, 0.4) is 0 Å². The molecule has 0 saturated heterocycles. The summed E-state index contributed by atoms with van der Waals surface area (Å²) in [6.45, 7) is 6.54. The second-order valence-electron chi connectivity index (χ2n) is 4.87. The molecule has 1 heterocycles. The summed E-state index contributed by atoms with van der Waals surface area (Å²) < 4.78 is 0. The van der Waals surface area contributed by atoms with Gasteiger partial charge in [0.2, 0.25) is 0 Å². The Morgan fingerprint density at radius 2 is 2.17 bits per heavy atom. The van der Waals surface area contributed by atoms with Crippen LogP contribution < -0.4 is 0 Å². The van der Waals surface area contributed by atoms with Crippen LogP contribution in [0, 0.1) is 17.2 Å². The molecule has 1 aromatic rings. The molecule has 1 rings (SSSR count). The monoisotopic (exact) mass is 262 g/mol. The van der Waals surface area contributed by atoms with E-state index in [0.717, 1.165) is 5.75 Å². The van der Waals surface area contributed by atoms with Crippen molar-refractivity contribution in [1.82, 2.24) is 4.98 Å². The van der Waals surface area contributed by atoms with Gasteiger partial charge in [0, 0.05) is 29.6 Å². The third-order valence-electron chi connectivity index (χ3n) is 3.05. The molecule has 0 saturated carbocycles. The van der Waals surface area contributed by atoms with E-state index in [-0.39, 0.29) is 0 Å². The fourth-order valence-corrected chi connectivity index (χ4v) is 2.91. The number of aromatic nitrogens is 1. The fourth-order valence-electron chi connectivity index (χ4n) is 1.89. The van der Waals surface area contributed by atoms with Gasteiger partial charge in [-0.3, -0.25) is 4.98 Å². The second kappa shape index (κ2) is 8.16. The van der Waals surface area contributed by atoms with E-state index < -0.39 is 0 Å². The van der Waals surface area contributed by atoms with Crippen LogP contribution in [0.5, 0.6) is 0 Å². The average molecular weight is 262 g/mol. The van der Waals surface area contributed by atoms with E-state index in [9.17, 15) is 0 Å². The highest BCUT2D eigenvalue weighted by atomic mass is 32.2. The molecular weight excluding hydrogens is 240 g/mol. The Labute approximate surface area is 115 Å². The number of pyridine rings is 1. The zero-order valence-electron chi connectivity index (χ0n) is 11.5. The zero-order chi connectivity index (χ0) is 13.4. The number of unbranched alkanes of at least 4 members (excludes halogenated alkanes) is 1. The number of nitriles is 1. The van der Waals surface area contributed by atoms with Crippen LogP contribution in [-0.2, 0) is 0 Å². The smallest absolute Gasteiger partial charge is 0.0628 e.